The molecule has 25 heavy (non-hydrogen) atoms. The second kappa shape index (κ2) is 9.24. The van der Waals surface area contributed by atoms with Crippen LogP contribution in [0.3, 0.4) is 0 Å². The highest BCUT2D eigenvalue weighted by Crippen LogP contribution is 2.31. The Kier molecular flexibility index (Phi) is 7.58. The van der Waals surface area contributed by atoms with Gasteiger partial charge >= 0.3 is 0 Å². The fourth-order valence-electron chi connectivity index (χ4n) is 2.22. The number of hydrogen-bond donors (Lipinski definition) is 1. The van der Waals surface area contributed by atoms with Crippen LogP contribution < -0.4 is 5.32 Å². The maximum Gasteiger partial charge on any atom is 0.230 e. The van der Waals surface area contributed by atoms with Crippen LogP contribution in [0.1, 0.15) is 11.1 Å². The highest BCUT2D eigenvalue weighted by molar-refractivity contribution is 7.80. The molecule has 1 aromatic rings. The molecular weight excluding hydrogens is 405 g/mol. The lowest BCUT2D eigenvalue weighted by Crippen LogP contribution is -2.52. The van der Waals surface area contributed by atoms with Crippen LogP contribution in [-0.4, -0.2) is 59.3 Å². The highest BCUT2D eigenvalue weighted by Gasteiger charge is 2.35. The molecule has 0 aromatic heterocycles. The second-order valence-electron chi connectivity index (χ2n) is 5.50. The van der Waals surface area contributed by atoms with Gasteiger partial charge in [-0.05, 0) is 31.3 Å². The van der Waals surface area contributed by atoms with Crippen LogP contribution in [0.5, 0.6) is 0 Å². The summed E-state index contributed by atoms with van der Waals surface area (Å²) >= 11 is 23.7. The molecule has 2 rings (SSSR count). The number of thiocarbonyl (C=S) groups is 1. The van der Waals surface area contributed by atoms with E-state index in [0.717, 1.165) is 11.1 Å². The average Bonchev–Trinajstić information content (AvgIpc) is 2.59. The molecule has 1 N–H and O–H groups in total. The zero-order valence-electron chi connectivity index (χ0n) is 14.0. The number of morpholine rings is 1. The van der Waals surface area contributed by atoms with Gasteiger partial charge in [-0.3, -0.25) is 0 Å². The summed E-state index contributed by atoms with van der Waals surface area (Å²) in [5, 5.41) is 3.47. The van der Waals surface area contributed by atoms with E-state index in [1.807, 2.05) is 36.1 Å². The molecule has 1 aliphatic rings. The first-order valence-electron chi connectivity index (χ1n) is 7.70. The van der Waals surface area contributed by atoms with E-state index in [1.54, 1.807) is 0 Å². The summed E-state index contributed by atoms with van der Waals surface area (Å²) in [4.78, 5) is 6.40. The highest BCUT2D eigenvalue weighted by atomic mass is 35.6. The predicted octanol–water partition coefficient (Wildman–Crippen LogP) is 3.29. The van der Waals surface area contributed by atoms with E-state index in [1.165, 1.54) is 7.11 Å². The zero-order valence-corrected chi connectivity index (χ0v) is 17.1. The van der Waals surface area contributed by atoms with Crippen LogP contribution in [0.25, 0.3) is 0 Å². The van der Waals surface area contributed by atoms with E-state index in [9.17, 15) is 0 Å². The molecule has 1 atom stereocenters. The Morgan fingerprint density at radius 2 is 1.88 bits per heavy atom. The summed E-state index contributed by atoms with van der Waals surface area (Å²) in [6.07, 6.45) is -0.899. The molecular formula is C16H20Cl3N3O2S. The Hall–Kier alpha value is -0.790. The van der Waals surface area contributed by atoms with Crippen molar-refractivity contribution in [2.24, 2.45) is 4.99 Å². The van der Waals surface area contributed by atoms with Gasteiger partial charge in [-0.2, -0.15) is 0 Å². The number of halogens is 3. The lowest BCUT2D eigenvalue weighted by molar-refractivity contribution is 0.0674. The van der Waals surface area contributed by atoms with Gasteiger partial charge in [0.15, 0.2) is 11.3 Å². The number of benzene rings is 1. The lowest BCUT2D eigenvalue weighted by atomic mass is 10.1. The van der Waals surface area contributed by atoms with Crippen molar-refractivity contribution in [1.29, 1.82) is 0 Å². The normalized spacial score (nSPS) is 17.2. The largest absolute Gasteiger partial charge is 0.481 e. The maximum atomic E-state index is 6.10. The van der Waals surface area contributed by atoms with Gasteiger partial charge < -0.3 is 19.7 Å². The van der Waals surface area contributed by atoms with Crippen molar-refractivity contribution >= 4 is 58.0 Å². The molecule has 0 amide bonds. The molecule has 1 aliphatic heterocycles. The van der Waals surface area contributed by atoms with Crippen LogP contribution in [0.2, 0.25) is 0 Å². The number of rotatable bonds is 3. The molecule has 5 nitrogen and oxygen atoms in total. The van der Waals surface area contributed by atoms with E-state index in [-0.39, 0.29) is 0 Å². The predicted molar refractivity (Wildman–Crippen MR) is 107 cm³/mol. The number of nitrogens with one attached hydrogen (secondary N) is 1. The molecule has 138 valence electrons. The van der Waals surface area contributed by atoms with Crippen molar-refractivity contribution in [2.75, 3.05) is 33.4 Å². The van der Waals surface area contributed by atoms with Crippen LogP contribution in [-0.2, 0) is 9.47 Å². The van der Waals surface area contributed by atoms with E-state index >= 15 is 0 Å². The SMILES string of the molecule is COC(=N[C@@H](NC(=S)N1CCOCC1)C(Cl)(Cl)Cl)c1ccc(C)cc1. The summed E-state index contributed by atoms with van der Waals surface area (Å²) in [5.74, 6) is 0.355. The summed E-state index contributed by atoms with van der Waals surface area (Å²) in [7, 11) is 1.52. The summed E-state index contributed by atoms with van der Waals surface area (Å²) in [6, 6.07) is 7.71. The van der Waals surface area contributed by atoms with Gasteiger partial charge in [0.05, 0.1) is 20.3 Å². The number of hydrogen-bond acceptors (Lipinski definition) is 4. The molecule has 0 spiro atoms. The van der Waals surface area contributed by atoms with Gasteiger partial charge in [-0.15, -0.1) is 0 Å². The smallest absolute Gasteiger partial charge is 0.230 e. The van der Waals surface area contributed by atoms with E-state index < -0.39 is 9.96 Å². The van der Waals surface area contributed by atoms with Gasteiger partial charge in [0.1, 0.15) is 0 Å². The van der Waals surface area contributed by atoms with Gasteiger partial charge in [-0.25, -0.2) is 4.99 Å². The van der Waals surface area contributed by atoms with Crippen molar-refractivity contribution in [3.05, 3.63) is 35.4 Å². The average molecular weight is 425 g/mol. The molecule has 0 bridgehead atoms. The molecule has 1 fully saturated rings. The van der Waals surface area contributed by atoms with Gasteiger partial charge in [-0.1, -0.05) is 52.5 Å². The summed E-state index contributed by atoms with van der Waals surface area (Å²) in [6.45, 7) is 4.57. The van der Waals surface area contributed by atoms with Gasteiger partial charge in [0, 0.05) is 18.7 Å². The maximum absolute atomic E-state index is 6.10. The first-order valence-corrected chi connectivity index (χ1v) is 9.24. The molecule has 9 heteroatoms. The van der Waals surface area contributed by atoms with Crippen molar-refractivity contribution < 1.29 is 9.47 Å². The Bertz CT molecular complexity index is 614. The first kappa shape index (κ1) is 20.5. The third-order valence-electron chi connectivity index (χ3n) is 3.61. The molecule has 0 aliphatic carbocycles. The Balaban J connectivity index is 2.20. The summed E-state index contributed by atoms with van der Waals surface area (Å²) < 4.78 is 9.00. The van der Waals surface area contributed by atoms with Crippen molar-refractivity contribution in [1.82, 2.24) is 10.2 Å². The number of alkyl halides is 3. The number of ether oxygens (including phenoxy) is 2. The van der Waals surface area contributed by atoms with Gasteiger partial charge in [0.2, 0.25) is 9.69 Å². The fraction of sp³-hybridized carbons (Fsp3) is 0.500. The minimum absolute atomic E-state index is 0.355. The number of aliphatic imine (C=N–C) groups is 1. The molecule has 1 heterocycles. The molecule has 0 radical (unpaired) electrons. The van der Waals surface area contributed by atoms with E-state index in [4.69, 9.17) is 56.5 Å². The van der Waals surface area contributed by atoms with E-state index in [0.29, 0.717) is 37.3 Å². The number of nitrogens with zero attached hydrogens (tertiary/aromatic N) is 2. The van der Waals surface area contributed by atoms with E-state index in [2.05, 4.69) is 10.3 Å². The topological polar surface area (TPSA) is 46.1 Å². The van der Waals surface area contributed by atoms with Gasteiger partial charge in [0.25, 0.3) is 0 Å². The zero-order chi connectivity index (χ0) is 18.4. The minimum Gasteiger partial charge on any atom is -0.481 e. The van der Waals surface area contributed by atoms with Crippen LogP contribution in [0.4, 0.5) is 0 Å². The summed E-state index contributed by atoms with van der Waals surface area (Å²) in [5.41, 5.74) is 1.91. The Morgan fingerprint density at radius 3 is 2.40 bits per heavy atom. The molecule has 1 saturated heterocycles. The molecule has 1 aromatic carbocycles. The van der Waals surface area contributed by atoms with Crippen LogP contribution in [0.15, 0.2) is 29.3 Å². The van der Waals surface area contributed by atoms with Crippen molar-refractivity contribution in [3.8, 4) is 0 Å². The van der Waals surface area contributed by atoms with Crippen molar-refractivity contribution in [3.63, 3.8) is 0 Å². The third kappa shape index (κ3) is 6.15. The van der Waals surface area contributed by atoms with Crippen LogP contribution in [0, 0.1) is 6.92 Å². The Labute approximate surface area is 168 Å². The number of methoxy groups -OCH3 is 1. The minimum atomic E-state index is -1.70. The second-order valence-corrected chi connectivity index (χ2v) is 8.25. The molecule has 0 saturated carbocycles. The fourth-order valence-corrected chi connectivity index (χ4v) is 2.82. The standard InChI is InChI=1S/C16H20Cl3N3O2S/c1-11-3-5-12(6-4-11)13(23-2)20-14(16(17,18)19)21-15(25)22-7-9-24-10-8-22/h3-6,14H,7-10H2,1-2H3,(H,21,25)/t14-/m0/s1. The first-order chi connectivity index (χ1) is 11.8. The monoisotopic (exact) mass is 423 g/mol. The third-order valence-corrected chi connectivity index (χ3v) is 4.60. The quantitative estimate of drug-likeness (QED) is 0.349. The van der Waals surface area contributed by atoms with Crippen molar-refractivity contribution in [2.45, 2.75) is 16.9 Å². The van der Waals surface area contributed by atoms with Crippen LogP contribution >= 0.6 is 47.0 Å². The number of aryl methyl sites for hydroxylation is 1. The lowest BCUT2D eigenvalue weighted by Gasteiger charge is -2.32. The molecule has 0 unspecified atom stereocenters. The Morgan fingerprint density at radius 1 is 1.28 bits per heavy atom.